The Hall–Kier alpha value is -2.41. The van der Waals surface area contributed by atoms with Gasteiger partial charge in [0.1, 0.15) is 17.4 Å². The molecule has 1 aromatic carbocycles. The highest BCUT2D eigenvalue weighted by molar-refractivity contribution is 5.60. The van der Waals surface area contributed by atoms with Gasteiger partial charge in [-0.05, 0) is 31.2 Å². The molecule has 0 spiro atoms. The van der Waals surface area contributed by atoms with Gasteiger partial charge in [0.05, 0.1) is 17.4 Å². The van der Waals surface area contributed by atoms with E-state index in [4.69, 9.17) is 5.26 Å². The lowest BCUT2D eigenvalue weighted by molar-refractivity contribution is 0.620. The highest BCUT2D eigenvalue weighted by Gasteiger charge is 2.18. The Bertz CT molecular complexity index is 605. The molecule has 3 nitrogen and oxygen atoms in total. The van der Waals surface area contributed by atoms with Gasteiger partial charge < -0.3 is 4.90 Å². The lowest BCUT2D eigenvalue weighted by atomic mass is 10.1. The number of benzene rings is 1. The molecule has 0 fully saturated rings. The predicted molar refractivity (Wildman–Crippen MR) is 72.2 cm³/mol. The van der Waals surface area contributed by atoms with E-state index in [0.29, 0.717) is 5.69 Å². The molecular formula is C15H14FN3. The van der Waals surface area contributed by atoms with Crippen molar-refractivity contribution < 1.29 is 4.39 Å². The van der Waals surface area contributed by atoms with E-state index in [0.717, 1.165) is 5.69 Å². The average molecular weight is 255 g/mol. The van der Waals surface area contributed by atoms with E-state index in [9.17, 15) is 4.39 Å². The monoisotopic (exact) mass is 255 g/mol. The van der Waals surface area contributed by atoms with Crippen LogP contribution in [0.15, 0.2) is 42.6 Å². The number of pyridine rings is 1. The number of hydrogen-bond donors (Lipinski definition) is 0. The fourth-order valence-electron chi connectivity index (χ4n) is 1.95. The smallest absolute Gasteiger partial charge is 0.143 e. The number of hydrogen-bond acceptors (Lipinski definition) is 3. The topological polar surface area (TPSA) is 39.9 Å². The van der Waals surface area contributed by atoms with Crippen LogP contribution in [-0.4, -0.2) is 12.0 Å². The van der Waals surface area contributed by atoms with Gasteiger partial charge in [0.2, 0.25) is 0 Å². The summed E-state index contributed by atoms with van der Waals surface area (Å²) in [6, 6.07) is 12.2. The highest BCUT2D eigenvalue weighted by Crippen LogP contribution is 2.28. The molecule has 1 heterocycles. The maximum atomic E-state index is 13.6. The molecule has 0 aliphatic rings. The first-order chi connectivity index (χ1) is 9.15. The van der Waals surface area contributed by atoms with Crippen molar-refractivity contribution in [2.45, 2.75) is 13.0 Å². The summed E-state index contributed by atoms with van der Waals surface area (Å²) >= 11 is 0. The first-order valence-electron chi connectivity index (χ1n) is 5.97. The van der Waals surface area contributed by atoms with Crippen molar-refractivity contribution in [1.29, 1.82) is 5.26 Å². The van der Waals surface area contributed by atoms with Crippen LogP contribution < -0.4 is 4.90 Å². The zero-order valence-electron chi connectivity index (χ0n) is 10.8. The fourth-order valence-corrected chi connectivity index (χ4v) is 1.95. The normalized spacial score (nSPS) is 11.7. The molecule has 2 aromatic rings. The number of aromatic nitrogens is 1. The second kappa shape index (κ2) is 5.49. The zero-order chi connectivity index (χ0) is 13.8. The molecule has 1 atom stereocenters. The van der Waals surface area contributed by atoms with E-state index in [1.54, 1.807) is 18.3 Å². The molecule has 4 heteroatoms. The van der Waals surface area contributed by atoms with Crippen molar-refractivity contribution in [1.82, 2.24) is 4.98 Å². The Morgan fingerprint density at radius 3 is 2.68 bits per heavy atom. The Labute approximate surface area is 111 Å². The summed E-state index contributed by atoms with van der Waals surface area (Å²) in [5, 5.41) is 9.07. The maximum absolute atomic E-state index is 13.6. The first kappa shape index (κ1) is 13.0. The number of nitrogens with zero attached hydrogens (tertiary/aromatic N) is 3. The summed E-state index contributed by atoms with van der Waals surface area (Å²) in [6.07, 6.45) is 1.72. The van der Waals surface area contributed by atoms with Crippen LogP contribution in [0.1, 0.15) is 24.2 Å². The molecule has 0 amide bonds. The Morgan fingerprint density at radius 2 is 2.05 bits per heavy atom. The zero-order valence-corrected chi connectivity index (χ0v) is 10.8. The van der Waals surface area contributed by atoms with Crippen molar-refractivity contribution in [3.63, 3.8) is 0 Å². The molecule has 96 valence electrons. The van der Waals surface area contributed by atoms with Crippen LogP contribution in [0.5, 0.6) is 0 Å². The SMILES string of the molecule is CC(c1ccccn1)N(C)c1cccc(F)c1C#N. The summed E-state index contributed by atoms with van der Waals surface area (Å²) < 4.78 is 13.6. The van der Waals surface area contributed by atoms with Crippen molar-refractivity contribution in [3.8, 4) is 6.07 Å². The van der Waals surface area contributed by atoms with Crippen LogP contribution in [0.3, 0.4) is 0 Å². The summed E-state index contributed by atoms with van der Waals surface area (Å²) in [5.41, 5.74) is 1.51. The standard InChI is InChI=1S/C15H14FN3/c1-11(14-7-3-4-9-18-14)19(2)15-8-5-6-13(16)12(15)10-17/h3-9,11H,1-2H3. The van der Waals surface area contributed by atoms with Gasteiger partial charge in [0.15, 0.2) is 0 Å². The van der Waals surface area contributed by atoms with Crippen molar-refractivity contribution in [2.75, 3.05) is 11.9 Å². The van der Waals surface area contributed by atoms with Crippen LogP contribution >= 0.6 is 0 Å². The van der Waals surface area contributed by atoms with Crippen LogP contribution in [0.25, 0.3) is 0 Å². The molecule has 0 bridgehead atoms. The summed E-state index contributed by atoms with van der Waals surface area (Å²) in [7, 11) is 1.83. The fraction of sp³-hybridized carbons (Fsp3) is 0.200. The average Bonchev–Trinajstić information content (AvgIpc) is 2.46. The van der Waals surface area contributed by atoms with Gasteiger partial charge in [-0.3, -0.25) is 4.98 Å². The number of anilines is 1. The Balaban J connectivity index is 2.38. The highest BCUT2D eigenvalue weighted by atomic mass is 19.1. The second-order valence-corrected chi connectivity index (χ2v) is 4.29. The molecule has 2 rings (SSSR count). The molecule has 1 aromatic heterocycles. The van der Waals surface area contributed by atoms with Crippen molar-refractivity contribution in [2.24, 2.45) is 0 Å². The first-order valence-corrected chi connectivity index (χ1v) is 5.97. The molecule has 1 unspecified atom stereocenters. The Morgan fingerprint density at radius 1 is 1.26 bits per heavy atom. The molecule has 19 heavy (non-hydrogen) atoms. The minimum atomic E-state index is -0.500. The van der Waals surface area contributed by atoms with Gasteiger partial charge in [-0.1, -0.05) is 12.1 Å². The maximum Gasteiger partial charge on any atom is 0.143 e. The van der Waals surface area contributed by atoms with Gasteiger partial charge >= 0.3 is 0 Å². The van der Waals surface area contributed by atoms with E-state index < -0.39 is 5.82 Å². The molecule has 0 aliphatic carbocycles. The number of rotatable bonds is 3. The van der Waals surface area contributed by atoms with Crippen LogP contribution in [0.4, 0.5) is 10.1 Å². The van der Waals surface area contributed by atoms with E-state index in [2.05, 4.69) is 4.98 Å². The van der Waals surface area contributed by atoms with E-state index >= 15 is 0 Å². The van der Waals surface area contributed by atoms with Gasteiger partial charge in [-0.15, -0.1) is 0 Å². The number of nitriles is 1. The van der Waals surface area contributed by atoms with Crippen LogP contribution in [0, 0.1) is 17.1 Å². The van der Waals surface area contributed by atoms with Crippen LogP contribution in [-0.2, 0) is 0 Å². The predicted octanol–water partition coefficient (Wildman–Crippen LogP) is 3.29. The molecule has 0 radical (unpaired) electrons. The van der Waals surface area contributed by atoms with E-state index in [-0.39, 0.29) is 11.6 Å². The van der Waals surface area contributed by atoms with Gasteiger partial charge in [-0.25, -0.2) is 4.39 Å². The molecule has 0 saturated carbocycles. The van der Waals surface area contributed by atoms with E-state index in [1.807, 2.05) is 43.1 Å². The van der Waals surface area contributed by atoms with Crippen LogP contribution in [0.2, 0.25) is 0 Å². The van der Waals surface area contributed by atoms with Crippen molar-refractivity contribution in [3.05, 3.63) is 59.7 Å². The second-order valence-electron chi connectivity index (χ2n) is 4.29. The lowest BCUT2D eigenvalue weighted by Gasteiger charge is -2.27. The molecule has 0 N–H and O–H groups in total. The Kier molecular flexibility index (Phi) is 3.76. The third kappa shape index (κ3) is 2.55. The van der Waals surface area contributed by atoms with Gasteiger partial charge in [0.25, 0.3) is 0 Å². The third-order valence-electron chi connectivity index (χ3n) is 3.18. The minimum absolute atomic E-state index is 0.0462. The van der Waals surface area contributed by atoms with Gasteiger partial charge in [-0.2, -0.15) is 5.26 Å². The quantitative estimate of drug-likeness (QED) is 0.845. The third-order valence-corrected chi connectivity index (χ3v) is 3.18. The molecular weight excluding hydrogens is 241 g/mol. The summed E-state index contributed by atoms with van der Waals surface area (Å²) in [5.74, 6) is -0.500. The largest absolute Gasteiger partial charge is 0.365 e. The summed E-state index contributed by atoms with van der Waals surface area (Å²) in [4.78, 5) is 6.14. The van der Waals surface area contributed by atoms with Crippen molar-refractivity contribution >= 4 is 5.69 Å². The minimum Gasteiger partial charge on any atom is -0.365 e. The molecule has 0 saturated heterocycles. The summed E-state index contributed by atoms with van der Waals surface area (Å²) in [6.45, 7) is 1.97. The lowest BCUT2D eigenvalue weighted by Crippen LogP contribution is -2.23. The molecule has 0 aliphatic heterocycles. The van der Waals surface area contributed by atoms with E-state index in [1.165, 1.54) is 6.07 Å². The number of halogens is 1. The van der Waals surface area contributed by atoms with Gasteiger partial charge in [0, 0.05) is 13.2 Å².